The van der Waals surface area contributed by atoms with Crippen molar-refractivity contribution in [1.29, 1.82) is 0 Å². The van der Waals surface area contributed by atoms with Crippen LogP contribution in [0.25, 0.3) is 0 Å². The number of amides is 3. The number of urea groups is 1. The second-order valence-corrected chi connectivity index (χ2v) is 7.81. The fourth-order valence-electron chi connectivity index (χ4n) is 3.40. The quantitative estimate of drug-likeness (QED) is 0.669. The van der Waals surface area contributed by atoms with E-state index in [0.717, 1.165) is 43.6 Å². The van der Waals surface area contributed by atoms with Gasteiger partial charge < -0.3 is 20.3 Å². The van der Waals surface area contributed by atoms with Crippen LogP contribution in [-0.4, -0.2) is 43.1 Å². The largest absolute Gasteiger partial charge is 0.492 e. The van der Waals surface area contributed by atoms with Crippen molar-refractivity contribution in [2.45, 2.75) is 26.7 Å². The zero-order valence-electron chi connectivity index (χ0n) is 17.7. The fourth-order valence-corrected chi connectivity index (χ4v) is 3.40. The standard InChI is InChI=1S/C23H27F2N3O3/c1-15-7-10-28(11-8-15)22(29)17-3-6-21(16(2)13-17)27-23(30)26-9-12-31-18-4-5-19(24)20(25)14-18/h3-6,13-15H,7-12H2,1-2H3,(H2,26,27,30). The maximum Gasteiger partial charge on any atom is 0.319 e. The molecule has 0 radical (unpaired) electrons. The lowest BCUT2D eigenvalue weighted by Crippen LogP contribution is -2.38. The molecule has 3 rings (SSSR count). The summed E-state index contributed by atoms with van der Waals surface area (Å²) in [5, 5.41) is 5.37. The van der Waals surface area contributed by atoms with E-state index in [1.165, 1.54) is 6.07 Å². The first kappa shape index (κ1) is 22.5. The molecule has 1 saturated heterocycles. The minimum atomic E-state index is -0.990. The molecule has 6 nitrogen and oxygen atoms in total. The monoisotopic (exact) mass is 431 g/mol. The van der Waals surface area contributed by atoms with Crippen molar-refractivity contribution in [2.75, 3.05) is 31.6 Å². The number of aryl methyl sites for hydroxylation is 1. The van der Waals surface area contributed by atoms with Crippen molar-refractivity contribution >= 4 is 17.6 Å². The Morgan fingerprint density at radius 3 is 2.52 bits per heavy atom. The van der Waals surface area contributed by atoms with Gasteiger partial charge in [-0.15, -0.1) is 0 Å². The van der Waals surface area contributed by atoms with Gasteiger partial charge in [0.1, 0.15) is 12.4 Å². The number of rotatable bonds is 6. The van der Waals surface area contributed by atoms with Gasteiger partial charge in [-0.1, -0.05) is 6.92 Å². The van der Waals surface area contributed by atoms with Crippen LogP contribution in [0.2, 0.25) is 0 Å². The van der Waals surface area contributed by atoms with Crippen molar-refractivity contribution in [3.05, 3.63) is 59.2 Å². The molecule has 8 heteroatoms. The van der Waals surface area contributed by atoms with Gasteiger partial charge in [0.25, 0.3) is 5.91 Å². The Hall–Kier alpha value is -3.16. The molecular formula is C23H27F2N3O3. The van der Waals surface area contributed by atoms with E-state index in [1.807, 2.05) is 11.8 Å². The summed E-state index contributed by atoms with van der Waals surface area (Å²) in [4.78, 5) is 26.7. The van der Waals surface area contributed by atoms with Crippen LogP contribution < -0.4 is 15.4 Å². The Labute approximate surface area is 180 Å². The van der Waals surface area contributed by atoms with E-state index in [0.29, 0.717) is 17.2 Å². The van der Waals surface area contributed by atoms with E-state index in [-0.39, 0.29) is 24.8 Å². The van der Waals surface area contributed by atoms with E-state index in [2.05, 4.69) is 17.6 Å². The number of anilines is 1. The van der Waals surface area contributed by atoms with Gasteiger partial charge in [0.15, 0.2) is 11.6 Å². The van der Waals surface area contributed by atoms with Gasteiger partial charge in [-0.2, -0.15) is 0 Å². The molecule has 0 atom stereocenters. The summed E-state index contributed by atoms with van der Waals surface area (Å²) in [6.07, 6.45) is 2.04. The molecule has 2 aromatic carbocycles. The lowest BCUT2D eigenvalue weighted by Gasteiger charge is -2.30. The molecule has 1 aliphatic heterocycles. The zero-order valence-corrected chi connectivity index (χ0v) is 17.7. The van der Waals surface area contributed by atoms with Crippen LogP contribution in [0, 0.1) is 24.5 Å². The smallest absolute Gasteiger partial charge is 0.319 e. The molecule has 0 aromatic heterocycles. The summed E-state index contributed by atoms with van der Waals surface area (Å²) >= 11 is 0. The molecule has 1 fully saturated rings. The number of carbonyl (C=O) groups is 2. The number of nitrogens with zero attached hydrogens (tertiary/aromatic N) is 1. The predicted octanol–water partition coefficient (Wildman–Crippen LogP) is 4.35. The van der Waals surface area contributed by atoms with Crippen LogP contribution in [0.5, 0.6) is 5.75 Å². The summed E-state index contributed by atoms with van der Waals surface area (Å²) in [5.74, 6) is -1.09. The Balaban J connectivity index is 1.46. The zero-order chi connectivity index (χ0) is 22.4. The highest BCUT2D eigenvalue weighted by molar-refractivity contribution is 5.96. The van der Waals surface area contributed by atoms with Gasteiger partial charge >= 0.3 is 6.03 Å². The van der Waals surface area contributed by atoms with E-state index >= 15 is 0 Å². The molecule has 0 aliphatic carbocycles. The van der Waals surface area contributed by atoms with E-state index < -0.39 is 17.7 Å². The van der Waals surface area contributed by atoms with Crippen LogP contribution in [-0.2, 0) is 0 Å². The summed E-state index contributed by atoms with van der Waals surface area (Å²) < 4.78 is 31.3. The number of hydrogen-bond donors (Lipinski definition) is 2. The van der Waals surface area contributed by atoms with E-state index in [1.54, 1.807) is 18.2 Å². The topological polar surface area (TPSA) is 70.7 Å². The van der Waals surface area contributed by atoms with E-state index in [4.69, 9.17) is 4.74 Å². The van der Waals surface area contributed by atoms with Crippen LogP contribution in [0.1, 0.15) is 35.7 Å². The molecule has 0 unspecified atom stereocenters. The molecule has 2 N–H and O–H groups in total. The van der Waals surface area contributed by atoms with E-state index in [9.17, 15) is 18.4 Å². The number of hydrogen-bond acceptors (Lipinski definition) is 3. The number of likely N-dealkylation sites (tertiary alicyclic amines) is 1. The third-order valence-corrected chi connectivity index (χ3v) is 5.34. The number of piperidine rings is 1. The number of carbonyl (C=O) groups excluding carboxylic acids is 2. The molecule has 0 spiro atoms. The van der Waals surface area contributed by atoms with Crippen molar-refractivity contribution < 1.29 is 23.1 Å². The first-order chi connectivity index (χ1) is 14.8. The van der Waals surface area contributed by atoms with Crippen molar-refractivity contribution in [2.24, 2.45) is 5.92 Å². The normalized spacial score (nSPS) is 14.3. The van der Waals surface area contributed by atoms with Crippen molar-refractivity contribution in [1.82, 2.24) is 10.2 Å². The summed E-state index contributed by atoms with van der Waals surface area (Å²) in [5.41, 5.74) is 1.99. The maximum atomic E-state index is 13.1. The molecule has 166 valence electrons. The fraction of sp³-hybridized carbons (Fsp3) is 0.391. The molecular weight excluding hydrogens is 404 g/mol. The third-order valence-electron chi connectivity index (χ3n) is 5.34. The Morgan fingerprint density at radius 2 is 1.84 bits per heavy atom. The molecule has 2 aromatic rings. The van der Waals surface area contributed by atoms with Crippen molar-refractivity contribution in [3.63, 3.8) is 0 Å². The molecule has 3 amide bonds. The first-order valence-electron chi connectivity index (χ1n) is 10.4. The SMILES string of the molecule is Cc1cc(C(=O)N2CCC(C)CC2)ccc1NC(=O)NCCOc1ccc(F)c(F)c1. The molecule has 0 saturated carbocycles. The number of benzene rings is 2. The Bertz CT molecular complexity index is 944. The Kier molecular flexibility index (Phi) is 7.44. The summed E-state index contributed by atoms with van der Waals surface area (Å²) in [6.45, 7) is 5.85. The lowest BCUT2D eigenvalue weighted by molar-refractivity contribution is 0.0697. The minimum Gasteiger partial charge on any atom is -0.492 e. The number of halogens is 2. The van der Waals surface area contributed by atoms with Gasteiger partial charge in [-0.3, -0.25) is 4.79 Å². The number of nitrogens with one attached hydrogen (secondary N) is 2. The first-order valence-corrected chi connectivity index (χ1v) is 10.4. The minimum absolute atomic E-state index is 0.0142. The van der Waals surface area contributed by atoms with Crippen LogP contribution in [0.4, 0.5) is 19.3 Å². The van der Waals surface area contributed by atoms with Crippen molar-refractivity contribution in [3.8, 4) is 5.75 Å². The highest BCUT2D eigenvalue weighted by Crippen LogP contribution is 2.21. The lowest BCUT2D eigenvalue weighted by atomic mass is 9.98. The van der Waals surface area contributed by atoms with Gasteiger partial charge in [-0.25, -0.2) is 13.6 Å². The van der Waals surface area contributed by atoms with Gasteiger partial charge in [-0.05, 0) is 61.6 Å². The van der Waals surface area contributed by atoms with Gasteiger partial charge in [0.05, 0.1) is 6.54 Å². The van der Waals surface area contributed by atoms with Crippen LogP contribution in [0.3, 0.4) is 0 Å². The van der Waals surface area contributed by atoms with Gasteiger partial charge in [0.2, 0.25) is 0 Å². The summed E-state index contributed by atoms with van der Waals surface area (Å²) in [6, 6.07) is 8.03. The highest BCUT2D eigenvalue weighted by Gasteiger charge is 2.21. The van der Waals surface area contributed by atoms with Crippen LogP contribution in [0.15, 0.2) is 36.4 Å². The maximum absolute atomic E-state index is 13.1. The Morgan fingerprint density at radius 1 is 1.10 bits per heavy atom. The molecule has 0 bridgehead atoms. The average molecular weight is 431 g/mol. The molecule has 1 aliphatic rings. The highest BCUT2D eigenvalue weighted by atomic mass is 19.2. The second-order valence-electron chi connectivity index (χ2n) is 7.81. The molecule has 1 heterocycles. The predicted molar refractivity (Wildman–Crippen MR) is 114 cm³/mol. The summed E-state index contributed by atoms with van der Waals surface area (Å²) in [7, 11) is 0. The number of ether oxygens (including phenoxy) is 1. The third kappa shape index (κ3) is 6.16. The molecule has 31 heavy (non-hydrogen) atoms. The average Bonchev–Trinajstić information content (AvgIpc) is 2.75. The second kappa shape index (κ2) is 10.2. The van der Waals surface area contributed by atoms with Crippen LogP contribution >= 0.6 is 0 Å². The van der Waals surface area contributed by atoms with Gasteiger partial charge in [0, 0.05) is 30.4 Å².